The molecule has 0 radical (unpaired) electrons. The van der Waals surface area contributed by atoms with E-state index >= 15 is 0 Å². The molecule has 0 aromatic rings. The SMILES string of the molecule is CCCCCCCCCCCCCCCCCCCC[C@@H](O)C(=O)NC(O[C@@H]1O[C@H](CO[C@]2(C(=O)O)C[C@H](O)[C@@H](NC(=O)CO)[C@H]([C@H](O)[C@H](O)CO)O2)[C@@H](O)[C@H](O)[C@H]1O)[C@@H](N)[C@H](O)[C@H](O)CCCCCCCCCCCC(C)C. The lowest BCUT2D eigenvalue weighted by molar-refractivity contribution is -0.344. The average molecular weight is 1140 g/mol. The summed E-state index contributed by atoms with van der Waals surface area (Å²) >= 11 is 0. The number of aliphatic hydroxyl groups is 11. The molecule has 2 amide bonds. The van der Waals surface area contributed by atoms with Gasteiger partial charge in [-0.3, -0.25) is 9.59 Å². The number of carbonyl (C=O) groups is 3. The Labute approximate surface area is 470 Å². The van der Waals surface area contributed by atoms with Crippen LogP contribution < -0.4 is 16.4 Å². The summed E-state index contributed by atoms with van der Waals surface area (Å²) in [7, 11) is 0. The fourth-order valence-corrected chi connectivity index (χ4v) is 10.4. The molecule has 2 fully saturated rings. The molecular weight excluding hydrogens is 1030 g/mol. The topological polar surface area (TPSA) is 381 Å². The van der Waals surface area contributed by atoms with Gasteiger partial charge in [-0.2, -0.15) is 0 Å². The van der Waals surface area contributed by atoms with Crippen LogP contribution in [0.3, 0.4) is 0 Å². The second-order valence-electron chi connectivity index (χ2n) is 22.9. The highest BCUT2D eigenvalue weighted by atomic mass is 16.7. The summed E-state index contributed by atoms with van der Waals surface area (Å²) in [5.41, 5.74) is 6.49. The molecule has 16 atom stereocenters. The number of aliphatic hydroxyl groups excluding tert-OH is 11. The number of aliphatic carboxylic acids is 1. The fourth-order valence-electron chi connectivity index (χ4n) is 10.4. The Bertz CT molecular complexity index is 1590. The predicted molar refractivity (Wildman–Crippen MR) is 295 cm³/mol. The van der Waals surface area contributed by atoms with E-state index < -0.39 is 142 Å². The maximum atomic E-state index is 13.6. The van der Waals surface area contributed by atoms with Gasteiger partial charge in [-0.1, -0.05) is 201 Å². The van der Waals surface area contributed by atoms with Crippen LogP contribution in [0.2, 0.25) is 0 Å². The monoisotopic (exact) mass is 1140 g/mol. The summed E-state index contributed by atoms with van der Waals surface area (Å²) in [6, 6.07) is -3.31. The van der Waals surface area contributed by atoms with E-state index in [1.165, 1.54) is 103 Å². The van der Waals surface area contributed by atoms with Gasteiger partial charge in [0, 0.05) is 6.42 Å². The highest BCUT2D eigenvalue weighted by molar-refractivity contribution is 5.80. The maximum Gasteiger partial charge on any atom is 0.364 e. The van der Waals surface area contributed by atoms with Crippen molar-refractivity contribution in [2.45, 2.75) is 317 Å². The van der Waals surface area contributed by atoms with Crippen molar-refractivity contribution in [3.05, 3.63) is 0 Å². The van der Waals surface area contributed by atoms with Crippen molar-refractivity contribution in [2.75, 3.05) is 19.8 Å². The van der Waals surface area contributed by atoms with Crippen molar-refractivity contribution < 1.29 is 94.6 Å². The molecule has 0 aliphatic carbocycles. The number of carboxylic acids is 1. The van der Waals surface area contributed by atoms with Gasteiger partial charge in [-0.05, 0) is 18.8 Å². The van der Waals surface area contributed by atoms with E-state index in [1.54, 1.807) is 0 Å². The van der Waals surface area contributed by atoms with Crippen LogP contribution in [0, 0.1) is 5.92 Å². The molecule has 2 aliphatic heterocycles. The van der Waals surface area contributed by atoms with Crippen LogP contribution in [0.1, 0.15) is 220 Å². The molecule has 2 rings (SSSR count). The first-order valence-corrected chi connectivity index (χ1v) is 30.3. The number of carboxylic acid groups (broad SMARTS) is 1. The first kappa shape index (κ1) is 72.9. The molecule has 22 nitrogen and oxygen atoms in total. The molecule has 0 aromatic heterocycles. The van der Waals surface area contributed by atoms with Crippen molar-refractivity contribution in [1.29, 1.82) is 0 Å². The average Bonchev–Trinajstić information content (AvgIpc) is 3.50. The summed E-state index contributed by atoms with van der Waals surface area (Å²) in [4.78, 5) is 38.5. The van der Waals surface area contributed by atoms with Gasteiger partial charge in [0.15, 0.2) is 12.5 Å². The molecule has 22 heteroatoms. The van der Waals surface area contributed by atoms with Crippen LogP contribution in [-0.2, 0) is 33.3 Å². The lowest BCUT2D eigenvalue weighted by Gasteiger charge is -2.47. The minimum absolute atomic E-state index is 0.0657. The van der Waals surface area contributed by atoms with E-state index in [-0.39, 0.29) is 12.8 Å². The highest BCUT2D eigenvalue weighted by Gasteiger charge is 2.57. The van der Waals surface area contributed by atoms with E-state index in [4.69, 9.17) is 24.7 Å². The molecule has 2 heterocycles. The van der Waals surface area contributed by atoms with Crippen LogP contribution >= 0.6 is 0 Å². The minimum Gasteiger partial charge on any atom is -0.477 e. The van der Waals surface area contributed by atoms with Crippen LogP contribution in [0.25, 0.3) is 0 Å². The number of carbonyl (C=O) groups excluding carboxylic acids is 2. The number of nitrogens with two attached hydrogens (primary N) is 1. The molecule has 0 bridgehead atoms. The van der Waals surface area contributed by atoms with E-state index in [0.29, 0.717) is 18.8 Å². The number of nitrogens with one attached hydrogen (secondary N) is 2. The number of hydrogen-bond acceptors (Lipinski definition) is 19. The standard InChI is InChI=1S/C57H109N3O19/c1-4-5-6-7-8-9-10-11-12-13-14-15-16-17-20-24-27-30-33-40(64)53(73)60-54(45(58)47(68)39(63)32-29-26-23-21-18-19-22-25-28-31-38(2)3)78-55-51(72)50(71)49(70)43(77-55)37-76-57(56(74)75)34-41(65)46(59-44(67)36-62)52(79-57)48(69)42(66)35-61/h38-43,45-52,54-55,61-66,68-72H,4-37,58H2,1-3H3,(H,59,67)(H,60,73)(H,74,75)/t39-,40-,41+,42-,43-,45+,46-,47-,48-,49-,50+,51-,52-,54?,55+,57-/m1/s1. The van der Waals surface area contributed by atoms with Gasteiger partial charge in [0.2, 0.25) is 5.91 Å². The van der Waals surface area contributed by atoms with Gasteiger partial charge in [0.05, 0.1) is 43.6 Å². The second-order valence-corrected chi connectivity index (χ2v) is 22.9. The van der Waals surface area contributed by atoms with Crippen molar-refractivity contribution in [3.8, 4) is 0 Å². The third kappa shape index (κ3) is 27.8. The Hall–Kier alpha value is -2.23. The fraction of sp³-hybridized carbons (Fsp3) is 0.947. The third-order valence-electron chi connectivity index (χ3n) is 15.6. The Morgan fingerprint density at radius 2 is 1.11 bits per heavy atom. The first-order valence-electron chi connectivity index (χ1n) is 30.3. The molecule has 16 N–H and O–H groups in total. The first-order chi connectivity index (χ1) is 37.7. The summed E-state index contributed by atoms with van der Waals surface area (Å²) < 4.78 is 22.9. The zero-order valence-corrected chi connectivity index (χ0v) is 48.1. The molecule has 2 aliphatic rings. The number of ether oxygens (including phenoxy) is 4. The highest BCUT2D eigenvalue weighted by Crippen LogP contribution is 2.35. The summed E-state index contributed by atoms with van der Waals surface area (Å²) in [6.07, 6.45) is 6.06. The van der Waals surface area contributed by atoms with Crippen LogP contribution in [0.15, 0.2) is 0 Å². The minimum atomic E-state index is -2.94. The molecular formula is C57H109N3O19. The molecule has 1 unspecified atom stereocenters. The smallest absolute Gasteiger partial charge is 0.364 e. The van der Waals surface area contributed by atoms with Gasteiger partial charge < -0.3 is 96.6 Å². The number of rotatable bonds is 47. The summed E-state index contributed by atoms with van der Waals surface area (Å²) in [5, 5.41) is 133. The van der Waals surface area contributed by atoms with E-state index in [2.05, 4.69) is 31.4 Å². The quantitative estimate of drug-likeness (QED) is 0.0307. The second kappa shape index (κ2) is 41.7. The van der Waals surface area contributed by atoms with Crippen molar-refractivity contribution >= 4 is 17.8 Å². The van der Waals surface area contributed by atoms with Crippen LogP contribution in [0.5, 0.6) is 0 Å². The Morgan fingerprint density at radius 1 is 0.646 bits per heavy atom. The molecule has 0 aromatic carbocycles. The van der Waals surface area contributed by atoms with Gasteiger partial charge in [0.25, 0.3) is 11.7 Å². The number of amides is 2. The Balaban J connectivity index is 2.11. The lowest BCUT2D eigenvalue weighted by atomic mass is 9.88. The lowest BCUT2D eigenvalue weighted by Crippen LogP contribution is -2.69. The summed E-state index contributed by atoms with van der Waals surface area (Å²) in [6.45, 7) is 3.51. The predicted octanol–water partition coefficient (Wildman–Crippen LogP) is 3.18. The molecule has 79 heavy (non-hydrogen) atoms. The van der Waals surface area contributed by atoms with E-state index in [1.807, 2.05) is 0 Å². The van der Waals surface area contributed by atoms with Crippen LogP contribution in [0.4, 0.5) is 0 Å². The number of unbranched alkanes of at least 4 members (excludes halogenated alkanes) is 25. The zero-order chi connectivity index (χ0) is 58.8. The van der Waals surface area contributed by atoms with Crippen molar-refractivity contribution in [1.82, 2.24) is 10.6 Å². The number of hydrogen-bond donors (Lipinski definition) is 15. The molecule has 0 saturated carbocycles. The summed E-state index contributed by atoms with van der Waals surface area (Å²) in [5.74, 6) is -6.19. The molecule has 466 valence electrons. The van der Waals surface area contributed by atoms with Crippen molar-refractivity contribution in [3.63, 3.8) is 0 Å². The normalized spacial score (nSPS) is 26.3. The Morgan fingerprint density at radius 3 is 1.57 bits per heavy atom. The van der Waals surface area contributed by atoms with E-state index in [0.717, 1.165) is 64.2 Å². The maximum absolute atomic E-state index is 13.6. The van der Waals surface area contributed by atoms with Gasteiger partial charge in [-0.15, -0.1) is 0 Å². The van der Waals surface area contributed by atoms with Crippen LogP contribution in [-0.4, -0.2) is 196 Å². The Kier molecular flexibility index (Phi) is 38.5. The van der Waals surface area contributed by atoms with E-state index in [9.17, 15) is 75.7 Å². The van der Waals surface area contributed by atoms with Gasteiger partial charge in [-0.25, -0.2) is 4.79 Å². The largest absolute Gasteiger partial charge is 0.477 e. The van der Waals surface area contributed by atoms with Gasteiger partial charge >= 0.3 is 5.97 Å². The zero-order valence-electron chi connectivity index (χ0n) is 48.1. The van der Waals surface area contributed by atoms with Gasteiger partial charge in [0.1, 0.15) is 55.4 Å². The molecule has 2 saturated heterocycles. The van der Waals surface area contributed by atoms with Crippen molar-refractivity contribution in [2.24, 2.45) is 11.7 Å². The molecule has 0 spiro atoms. The third-order valence-corrected chi connectivity index (χ3v) is 15.6.